The lowest BCUT2D eigenvalue weighted by molar-refractivity contribution is -0.117. The van der Waals surface area contributed by atoms with Crippen LogP contribution >= 0.6 is 11.6 Å². The molecule has 160 valence electrons. The number of esters is 1. The number of benzene rings is 2. The van der Waals surface area contributed by atoms with Gasteiger partial charge in [-0.15, -0.1) is 5.10 Å². The van der Waals surface area contributed by atoms with E-state index in [2.05, 4.69) is 20.9 Å². The number of carbonyl (C=O) groups is 3. The Labute approximate surface area is 183 Å². The molecule has 0 radical (unpaired) electrons. The van der Waals surface area contributed by atoms with Crippen LogP contribution in [0.2, 0.25) is 5.02 Å². The minimum atomic E-state index is -0.480. The third kappa shape index (κ3) is 5.46. The van der Waals surface area contributed by atoms with Crippen molar-refractivity contribution in [1.29, 1.82) is 0 Å². The lowest BCUT2D eigenvalue weighted by atomic mass is 10.2. The van der Waals surface area contributed by atoms with Gasteiger partial charge in [0.2, 0.25) is 5.91 Å². The molecule has 0 unspecified atom stereocenters. The number of para-hydroxylation sites is 1. The van der Waals surface area contributed by atoms with Crippen LogP contribution in [0.4, 0.5) is 11.4 Å². The summed E-state index contributed by atoms with van der Waals surface area (Å²) in [6.07, 6.45) is 0. The molecule has 2 N–H and O–H groups in total. The first kappa shape index (κ1) is 22.0. The predicted molar refractivity (Wildman–Crippen MR) is 115 cm³/mol. The molecular weight excluding hydrogens is 422 g/mol. The minimum absolute atomic E-state index is 0.0894. The van der Waals surface area contributed by atoms with Gasteiger partial charge >= 0.3 is 5.97 Å². The van der Waals surface area contributed by atoms with E-state index in [-0.39, 0.29) is 24.8 Å². The molecule has 3 rings (SSSR count). The summed E-state index contributed by atoms with van der Waals surface area (Å²) in [4.78, 5) is 36.5. The molecule has 0 saturated carbocycles. The van der Waals surface area contributed by atoms with Crippen LogP contribution in [0.1, 0.15) is 33.5 Å². The Morgan fingerprint density at radius 3 is 2.45 bits per heavy atom. The molecule has 2 aromatic carbocycles. The first-order chi connectivity index (χ1) is 14.9. The Morgan fingerprint density at radius 2 is 1.77 bits per heavy atom. The van der Waals surface area contributed by atoms with Gasteiger partial charge in [0.05, 0.1) is 28.6 Å². The zero-order valence-corrected chi connectivity index (χ0v) is 17.6. The molecule has 9 nitrogen and oxygen atoms in total. The fourth-order valence-corrected chi connectivity index (χ4v) is 2.89. The number of ether oxygens (including phenoxy) is 1. The van der Waals surface area contributed by atoms with Crippen molar-refractivity contribution < 1.29 is 19.1 Å². The molecular formula is C21H20ClN5O4. The SMILES string of the molecule is CCOC(=O)c1ccc(NC(=O)Cn2nnc(C(=O)Nc3ccccc3Cl)c2C)cc1. The van der Waals surface area contributed by atoms with Crippen molar-refractivity contribution >= 4 is 40.8 Å². The van der Waals surface area contributed by atoms with Crippen LogP contribution in [-0.2, 0) is 16.1 Å². The monoisotopic (exact) mass is 441 g/mol. The molecule has 2 amide bonds. The maximum Gasteiger partial charge on any atom is 0.338 e. The van der Waals surface area contributed by atoms with Crippen molar-refractivity contribution in [3.05, 3.63) is 70.5 Å². The number of nitrogens with zero attached hydrogens (tertiary/aromatic N) is 3. The van der Waals surface area contributed by atoms with E-state index in [0.717, 1.165) is 0 Å². The van der Waals surface area contributed by atoms with E-state index in [1.165, 1.54) is 4.68 Å². The molecule has 0 bridgehead atoms. The fourth-order valence-electron chi connectivity index (χ4n) is 2.71. The van der Waals surface area contributed by atoms with Gasteiger partial charge in [-0.2, -0.15) is 0 Å². The van der Waals surface area contributed by atoms with Crippen LogP contribution in [0.15, 0.2) is 48.5 Å². The van der Waals surface area contributed by atoms with E-state index >= 15 is 0 Å². The maximum atomic E-state index is 12.5. The summed E-state index contributed by atoms with van der Waals surface area (Å²) in [6, 6.07) is 13.1. The number of nitrogens with one attached hydrogen (secondary N) is 2. The van der Waals surface area contributed by atoms with Gasteiger partial charge in [-0.05, 0) is 50.2 Å². The largest absolute Gasteiger partial charge is 0.462 e. The molecule has 31 heavy (non-hydrogen) atoms. The van der Waals surface area contributed by atoms with Crippen LogP contribution < -0.4 is 10.6 Å². The summed E-state index contributed by atoms with van der Waals surface area (Å²) >= 11 is 6.05. The van der Waals surface area contributed by atoms with E-state index in [1.807, 2.05) is 0 Å². The van der Waals surface area contributed by atoms with Gasteiger partial charge in [-0.3, -0.25) is 9.59 Å². The number of carbonyl (C=O) groups excluding carboxylic acids is 3. The van der Waals surface area contributed by atoms with Gasteiger partial charge < -0.3 is 15.4 Å². The Morgan fingerprint density at radius 1 is 1.06 bits per heavy atom. The number of anilines is 2. The highest BCUT2D eigenvalue weighted by Crippen LogP contribution is 2.21. The second kappa shape index (κ2) is 9.86. The topological polar surface area (TPSA) is 115 Å². The number of halogens is 1. The van der Waals surface area contributed by atoms with Crippen molar-refractivity contribution in [2.75, 3.05) is 17.2 Å². The van der Waals surface area contributed by atoms with Crippen molar-refractivity contribution in [2.45, 2.75) is 20.4 Å². The summed E-state index contributed by atoms with van der Waals surface area (Å²) in [5.74, 6) is -1.28. The molecule has 3 aromatic rings. The standard InChI is InChI=1S/C21H20ClN5O4/c1-3-31-21(30)14-8-10-15(11-9-14)23-18(28)12-27-13(2)19(25-26-27)20(29)24-17-7-5-4-6-16(17)22/h4-11H,3,12H2,1-2H3,(H,23,28)(H,24,29). The van der Waals surface area contributed by atoms with E-state index in [1.54, 1.807) is 62.4 Å². The molecule has 1 aromatic heterocycles. The highest BCUT2D eigenvalue weighted by Gasteiger charge is 2.19. The van der Waals surface area contributed by atoms with Crippen LogP contribution in [-0.4, -0.2) is 39.4 Å². The molecule has 0 fully saturated rings. The molecule has 10 heteroatoms. The second-order valence-corrected chi connectivity index (χ2v) is 6.87. The highest BCUT2D eigenvalue weighted by molar-refractivity contribution is 6.33. The van der Waals surface area contributed by atoms with Crippen molar-refractivity contribution in [2.24, 2.45) is 0 Å². The first-order valence-electron chi connectivity index (χ1n) is 9.42. The normalized spacial score (nSPS) is 10.4. The second-order valence-electron chi connectivity index (χ2n) is 6.46. The number of amides is 2. The zero-order chi connectivity index (χ0) is 22.4. The number of hydrogen-bond donors (Lipinski definition) is 2. The molecule has 0 aliphatic carbocycles. The number of hydrogen-bond acceptors (Lipinski definition) is 6. The summed E-state index contributed by atoms with van der Waals surface area (Å²) in [7, 11) is 0. The average Bonchev–Trinajstić information content (AvgIpc) is 3.10. The van der Waals surface area contributed by atoms with Gasteiger partial charge in [0.1, 0.15) is 6.54 Å². The van der Waals surface area contributed by atoms with Gasteiger partial charge in [0.25, 0.3) is 5.91 Å². The van der Waals surface area contributed by atoms with Crippen LogP contribution in [0.3, 0.4) is 0 Å². The van der Waals surface area contributed by atoms with Crippen molar-refractivity contribution in [1.82, 2.24) is 15.0 Å². The summed E-state index contributed by atoms with van der Waals surface area (Å²) in [6.45, 7) is 3.51. The minimum Gasteiger partial charge on any atom is -0.462 e. The Hall–Kier alpha value is -3.72. The molecule has 0 aliphatic heterocycles. The van der Waals surface area contributed by atoms with Gasteiger partial charge in [-0.25, -0.2) is 9.48 Å². The summed E-state index contributed by atoms with van der Waals surface area (Å²) in [5.41, 5.74) is 1.87. The Kier molecular flexibility index (Phi) is 6.99. The van der Waals surface area contributed by atoms with Crippen molar-refractivity contribution in [3.63, 3.8) is 0 Å². The fraction of sp³-hybridized carbons (Fsp3) is 0.190. The van der Waals surface area contributed by atoms with E-state index in [0.29, 0.717) is 27.7 Å². The number of aromatic nitrogens is 3. The first-order valence-corrected chi connectivity index (χ1v) is 9.79. The Bertz CT molecular complexity index is 1110. The number of rotatable bonds is 7. The van der Waals surface area contributed by atoms with Crippen LogP contribution in [0.25, 0.3) is 0 Å². The van der Waals surface area contributed by atoms with Crippen LogP contribution in [0, 0.1) is 6.92 Å². The van der Waals surface area contributed by atoms with Gasteiger partial charge in [-0.1, -0.05) is 28.9 Å². The smallest absolute Gasteiger partial charge is 0.338 e. The maximum absolute atomic E-state index is 12.5. The van der Waals surface area contributed by atoms with E-state index in [4.69, 9.17) is 16.3 Å². The quantitative estimate of drug-likeness (QED) is 0.543. The van der Waals surface area contributed by atoms with Crippen molar-refractivity contribution in [3.8, 4) is 0 Å². The molecule has 0 saturated heterocycles. The average molecular weight is 442 g/mol. The van der Waals surface area contributed by atoms with E-state index < -0.39 is 11.9 Å². The summed E-state index contributed by atoms with van der Waals surface area (Å²) in [5, 5.41) is 13.5. The molecule has 0 atom stereocenters. The lowest BCUT2D eigenvalue weighted by Gasteiger charge is -2.08. The Balaban J connectivity index is 1.62. The van der Waals surface area contributed by atoms with E-state index in [9.17, 15) is 14.4 Å². The molecule has 1 heterocycles. The van der Waals surface area contributed by atoms with Crippen LogP contribution in [0.5, 0.6) is 0 Å². The molecule has 0 spiro atoms. The van der Waals surface area contributed by atoms with Gasteiger partial charge in [0.15, 0.2) is 5.69 Å². The summed E-state index contributed by atoms with van der Waals surface area (Å²) < 4.78 is 6.25. The third-order valence-corrected chi connectivity index (χ3v) is 4.62. The lowest BCUT2D eigenvalue weighted by Crippen LogP contribution is -2.21. The van der Waals surface area contributed by atoms with Gasteiger partial charge in [0, 0.05) is 5.69 Å². The predicted octanol–water partition coefficient (Wildman–Crippen LogP) is 3.31. The zero-order valence-electron chi connectivity index (χ0n) is 16.9. The third-order valence-electron chi connectivity index (χ3n) is 4.29. The highest BCUT2D eigenvalue weighted by atomic mass is 35.5. The molecule has 0 aliphatic rings.